The summed E-state index contributed by atoms with van der Waals surface area (Å²) in [7, 11) is -3.51. The van der Waals surface area contributed by atoms with Crippen LogP contribution in [-0.4, -0.2) is 63.3 Å². The molecular weight excluding hydrogens is 459 g/mol. The maximum absolute atomic E-state index is 13.3. The largest absolute Gasteiger partial charge is 0.492 e. The van der Waals surface area contributed by atoms with Gasteiger partial charge in [0.25, 0.3) is 5.91 Å². The van der Waals surface area contributed by atoms with Crippen LogP contribution in [0.2, 0.25) is 0 Å². The highest BCUT2D eigenvalue weighted by Crippen LogP contribution is 2.32. The maximum atomic E-state index is 13.3. The first-order valence-corrected chi connectivity index (χ1v) is 12.5. The van der Waals surface area contributed by atoms with Gasteiger partial charge in [-0.15, -0.1) is 0 Å². The van der Waals surface area contributed by atoms with Crippen LogP contribution in [0.25, 0.3) is 0 Å². The number of sulfone groups is 1. The topological polar surface area (TPSA) is 79.8 Å². The molecule has 1 aliphatic carbocycles. The van der Waals surface area contributed by atoms with E-state index in [0.717, 1.165) is 25.2 Å². The van der Waals surface area contributed by atoms with Crippen molar-refractivity contribution in [3.63, 3.8) is 0 Å². The highest BCUT2D eigenvalue weighted by atomic mass is 32.2. The fourth-order valence-corrected chi connectivity index (χ4v) is 4.25. The molecule has 2 aliphatic rings. The first kappa shape index (κ1) is 23.3. The molecule has 4 rings (SSSR count). The predicted octanol–water partition coefficient (Wildman–Crippen LogP) is 3.26. The molecule has 33 heavy (non-hydrogen) atoms. The average molecular weight is 484 g/mol. The molecule has 2 aromatic rings. The number of rotatable bonds is 6. The van der Waals surface area contributed by atoms with Crippen molar-refractivity contribution in [1.82, 2.24) is 9.88 Å². The number of benzene rings is 1. The second kappa shape index (κ2) is 8.85. The van der Waals surface area contributed by atoms with E-state index >= 15 is 0 Å². The molecule has 2 heterocycles. The van der Waals surface area contributed by atoms with Gasteiger partial charge in [-0.2, -0.15) is 13.2 Å². The Morgan fingerprint density at radius 3 is 2.36 bits per heavy atom. The van der Waals surface area contributed by atoms with Gasteiger partial charge in [0.2, 0.25) is 0 Å². The number of ether oxygens (including phenoxy) is 1. The van der Waals surface area contributed by atoms with Crippen LogP contribution in [0.4, 0.5) is 18.9 Å². The minimum atomic E-state index is -4.50. The molecule has 1 aromatic heterocycles. The van der Waals surface area contributed by atoms with Crippen LogP contribution >= 0.6 is 0 Å². The van der Waals surface area contributed by atoms with E-state index in [1.165, 1.54) is 30.5 Å². The van der Waals surface area contributed by atoms with Crippen molar-refractivity contribution >= 4 is 21.4 Å². The first-order valence-electron chi connectivity index (χ1n) is 10.6. The summed E-state index contributed by atoms with van der Waals surface area (Å²) in [5, 5.41) is 0. The Morgan fingerprint density at radius 1 is 1.12 bits per heavy atom. The van der Waals surface area contributed by atoms with Gasteiger partial charge in [-0.25, -0.2) is 13.4 Å². The predicted molar refractivity (Wildman–Crippen MR) is 115 cm³/mol. The summed E-state index contributed by atoms with van der Waals surface area (Å²) in [6.07, 6.45) is -0.0851. The van der Waals surface area contributed by atoms with E-state index in [9.17, 15) is 26.4 Å². The molecule has 0 atom stereocenters. The van der Waals surface area contributed by atoms with Gasteiger partial charge in [0.1, 0.15) is 11.4 Å². The van der Waals surface area contributed by atoms with Crippen molar-refractivity contribution in [2.24, 2.45) is 5.92 Å². The Kier molecular flexibility index (Phi) is 6.26. The lowest BCUT2D eigenvalue weighted by Gasteiger charge is -2.36. The number of alkyl halides is 3. The molecule has 178 valence electrons. The minimum absolute atomic E-state index is 0.0408. The molecule has 1 amide bonds. The fourth-order valence-electron chi connectivity index (χ4n) is 3.60. The molecule has 0 spiro atoms. The third kappa shape index (κ3) is 5.58. The summed E-state index contributed by atoms with van der Waals surface area (Å²) in [6.45, 7) is 1.94. The number of aromatic nitrogens is 1. The van der Waals surface area contributed by atoms with Crippen LogP contribution in [0, 0.1) is 5.92 Å². The lowest BCUT2D eigenvalue weighted by atomic mass is 10.1. The smallest absolute Gasteiger partial charge is 0.433 e. The molecule has 0 radical (unpaired) electrons. The van der Waals surface area contributed by atoms with Crippen molar-refractivity contribution in [2.75, 3.05) is 43.9 Å². The molecule has 1 aliphatic heterocycles. The molecule has 1 aromatic carbocycles. The van der Waals surface area contributed by atoms with Crippen molar-refractivity contribution in [3.8, 4) is 5.75 Å². The van der Waals surface area contributed by atoms with Crippen molar-refractivity contribution in [1.29, 1.82) is 0 Å². The van der Waals surface area contributed by atoms with Gasteiger partial charge in [0.05, 0.1) is 29.0 Å². The fraction of sp³-hybridized carbons (Fsp3) is 0.455. The number of hydrogen-bond acceptors (Lipinski definition) is 6. The van der Waals surface area contributed by atoms with Crippen LogP contribution in [0.1, 0.15) is 28.9 Å². The van der Waals surface area contributed by atoms with E-state index in [1.807, 2.05) is 4.90 Å². The van der Waals surface area contributed by atoms with E-state index < -0.39 is 21.7 Å². The number of nitrogens with zero attached hydrogens (tertiary/aromatic N) is 3. The van der Waals surface area contributed by atoms with Gasteiger partial charge in [-0.05, 0) is 49.1 Å². The number of carbonyl (C=O) groups excluding carboxylic acids is 1. The first-order chi connectivity index (χ1) is 15.5. The number of anilines is 1. The Hall–Kier alpha value is -2.82. The lowest BCUT2D eigenvalue weighted by Crippen LogP contribution is -2.49. The highest BCUT2D eigenvalue weighted by Gasteiger charge is 2.33. The summed E-state index contributed by atoms with van der Waals surface area (Å²) < 4.78 is 68.0. The van der Waals surface area contributed by atoms with Gasteiger partial charge in [-0.1, -0.05) is 0 Å². The normalized spacial score (nSPS) is 17.2. The van der Waals surface area contributed by atoms with Crippen molar-refractivity contribution < 1.29 is 31.1 Å². The molecule has 0 N–H and O–H groups in total. The number of halogens is 3. The third-order valence-electron chi connectivity index (χ3n) is 5.75. The molecule has 11 heteroatoms. The summed E-state index contributed by atoms with van der Waals surface area (Å²) in [5.74, 6) is 0.480. The number of piperazine rings is 1. The van der Waals surface area contributed by atoms with Gasteiger partial charge < -0.3 is 14.5 Å². The van der Waals surface area contributed by atoms with Crippen LogP contribution in [0.15, 0.2) is 41.4 Å². The van der Waals surface area contributed by atoms with Crippen LogP contribution < -0.4 is 9.64 Å². The SMILES string of the molecule is CS(=O)(=O)c1ccc(OCC2CC2)c(C(=O)N2CCN(c3ccc(C(F)(F)F)nc3)CC2)c1. The van der Waals surface area contributed by atoms with E-state index in [0.29, 0.717) is 50.1 Å². The monoisotopic (exact) mass is 483 g/mol. The highest BCUT2D eigenvalue weighted by molar-refractivity contribution is 7.90. The van der Waals surface area contributed by atoms with E-state index in [4.69, 9.17) is 4.74 Å². The summed E-state index contributed by atoms with van der Waals surface area (Å²) in [5.41, 5.74) is -0.213. The van der Waals surface area contributed by atoms with E-state index in [-0.39, 0.29) is 16.4 Å². The molecular formula is C22H24F3N3O4S. The van der Waals surface area contributed by atoms with Crippen LogP contribution in [0.3, 0.4) is 0 Å². The number of hydrogen-bond donors (Lipinski definition) is 0. The maximum Gasteiger partial charge on any atom is 0.433 e. The minimum Gasteiger partial charge on any atom is -0.492 e. The molecule has 0 unspecified atom stereocenters. The third-order valence-corrected chi connectivity index (χ3v) is 6.86. The Balaban J connectivity index is 1.47. The van der Waals surface area contributed by atoms with Crippen molar-refractivity contribution in [2.45, 2.75) is 23.9 Å². The number of amides is 1. The molecule has 2 fully saturated rings. The Morgan fingerprint density at radius 2 is 1.82 bits per heavy atom. The zero-order chi connectivity index (χ0) is 23.8. The summed E-state index contributed by atoms with van der Waals surface area (Å²) in [6, 6.07) is 6.62. The van der Waals surface area contributed by atoms with Gasteiger partial charge >= 0.3 is 6.18 Å². The quantitative estimate of drug-likeness (QED) is 0.628. The van der Waals surface area contributed by atoms with Gasteiger partial charge in [0, 0.05) is 32.4 Å². The number of carbonyl (C=O) groups is 1. The van der Waals surface area contributed by atoms with E-state index in [2.05, 4.69) is 4.98 Å². The summed E-state index contributed by atoms with van der Waals surface area (Å²) in [4.78, 5) is 20.2. The summed E-state index contributed by atoms with van der Waals surface area (Å²) >= 11 is 0. The standard InChI is InChI=1S/C22H24F3N3O4S/c1-33(30,31)17-5-6-19(32-14-15-2-3-15)18(12-17)21(29)28-10-8-27(9-11-28)16-4-7-20(26-13-16)22(23,24)25/h4-7,12-13,15H,2-3,8-11,14H2,1H3. The van der Waals surface area contributed by atoms with Crippen molar-refractivity contribution in [3.05, 3.63) is 47.8 Å². The van der Waals surface area contributed by atoms with Crippen LogP contribution in [-0.2, 0) is 16.0 Å². The Bertz CT molecular complexity index is 1120. The number of pyridine rings is 1. The Labute approximate surface area is 190 Å². The second-order valence-corrected chi connectivity index (χ2v) is 10.4. The molecule has 7 nitrogen and oxygen atoms in total. The van der Waals surface area contributed by atoms with Crippen LogP contribution in [0.5, 0.6) is 5.75 Å². The molecule has 1 saturated heterocycles. The van der Waals surface area contributed by atoms with E-state index in [1.54, 1.807) is 4.90 Å². The zero-order valence-corrected chi connectivity index (χ0v) is 18.8. The second-order valence-electron chi connectivity index (χ2n) is 8.36. The average Bonchev–Trinajstić information content (AvgIpc) is 3.61. The van der Waals surface area contributed by atoms with Gasteiger partial charge in [-0.3, -0.25) is 4.79 Å². The van der Waals surface area contributed by atoms with Gasteiger partial charge in [0.15, 0.2) is 9.84 Å². The lowest BCUT2D eigenvalue weighted by molar-refractivity contribution is -0.141. The molecule has 1 saturated carbocycles. The molecule has 0 bridgehead atoms. The zero-order valence-electron chi connectivity index (χ0n) is 18.0.